The van der Waals surface area contributed by atoms with Crippen molar-refractivity contribution in [2.45, 2.75) is 13.0 Å². The molecule has 1 atom stereocenters. The van der Waals surface area contributed by atoms with Crippen LogP contribution in [0.25, 0.3) is 0 Å². The number of nitrogen functional groups attached to an aromatic ring is 1. The second kappa shape index (κ2) is 3.93. The molecule has 0 aliphatic carbocycles. The van der Waals surface area contributed by atoms with Gasteiger partial charge in [-0.05, 0) is 19.1 Å². The first kappa shape index (κ1) is 11.2. The summed E-state index contributed by atoms with van der Waals surface area (Å²) in [7, 11) is -2.88. The van der Waals surface area contributed by atoms with Gasteiger partial charge in [0, 0.05) is 12.6 Å². The molecule has 0 radical (unpaired) electrons. The zero-order valence-electron chi connectivity index (χ0n) is 9.13. The van der Waals surface area contributed by atoms with Gasteiger partial charge in [-0.2, -0.15) is 0 Å². The fourth-order valence-electron chi connectivity index (χ4n) is 1.94. The van der Waals surface area contributed by atoms with Crippen LogP contribution in [0.5, 0.6) is 0 Å². The number of sulfone groups is 1. The number of pyridine rings is 1. The maximum absolute atomic E-state index is 11.4. The van der Waals surface area contributed by atoms with Gasteiger partial charge in [0.05, 0.1) is 11.5 Å². The van der Waals surface area contributed by atoms with Crippen molar-refractivity contribution in [1.29, 1.82) is 0 Å². The van der Waals surface area contributed by atoms with E-state index in [2.05, 4.69) is 4.98 Å². The summed E-state index contributed by atoms with van der Waals surface area (Å²) in [5.41, 5.74) is 5.61. The molecule has 1 aromatic heterocycles. The van der Waals surface area contributed by atoms with E-state index in [1.54, 1.807) is 6.07 Å². The number of aromatic nitrogens is 1. The van der Waals surface area contributed by atoms with Crippen molar-refractivity contribution in [3.63, 3.8) is 0 Å². The lowest BCUT2D eigenvalue weighted by atomic mass is 10.3. The molecule has 1 unspecified atom stereocenters. The summed E-state index contributed by atoms with van der Waals surface area (Å²) in [6.45, 7) is 2.38. The van der Waals surface area contributed by atoms with Crippen LogP contribution in [0.2, 0.25) is 0 Å². The third-order valence-electron chi connectivity index (χ3n) is 2.72. The molecule has 2 heterocycles. The van der Waals surface area contributed by atoms with Crippen molar-refractivity contribution in [3.05, 3.63) is 18.2 Å². The van der Waals surface area contributed by atoms with E-state index in [0.29, 0.717) is 12.4 Å². The SMILES string of the molecule is CC1CS(=O)(=O)CCN1c1cccc(N)n1. The maximum atomic E-state index is 11.4. The summed E-state index contributed by atoms with van der Waals surface area (Å²) < 4.78 is 22.9. The highest BCUT2D eigenvalue weighted by Crippen LogP contribution is 2.20. The first-order chi connectivity index (χ1) is 7.48. The third kappa shape index (κ3) is 2.27. The van der Waals surface area contributed by atoms with Crippen molar-refractivity contribution in [2.24, 2.45) is 0 Å². The van der Waals surface area contributed by atoms with Crippen molar-refractivity contribution in [2.75, 3.05) is 28.7 Å². The molecular formula is C10H15N3O2S. The van der Waals surface area contributed by atoms with Crippen molar-refractivity contribution < 1.29 is 8.42 Å². The van der Waals surface area contributed by atoms with Crippen LogP contribution < -0.4 is 10.6 Å². The Morgan fingerprint density at radius 3 is 2.88 bits per heavy atom. The van der Waals surface area contributed by atoms with Crippen LogP contribution >= 0.6 is 0 Å². The Balaban J connectivity index is 2.24. The first-order valence-electron chi connectivity index (χ1n) is 5.17. The lowest BCUT2D eigenvalue weighted by Gasteiger charge is -2.34. The number of anilines is 2. The summed E-state index contributed by atoms with van der Waals surface area (Å²) in [5, 5.41) is 0. The van der Waals surface area contributed by atoms with E-state index in [4.69, 9.17) is 5.73 Å². The normalized spacial score (nSPS) is 24.3. The molecule has 0 aromatic carbocycles. The number of rotatable bonds is 1. The second-order valence-corrected chi connectivity index (χ2v) is 6.31. The Bertz CT molecular complexity index is 487. The smallest absolute Gasteiger partial charge is 0.154 e. The number of hydrogen-bond donors (Lipinski definition) is 1. The predicted octanol–water partition coefficient (Wildman–Crippen LogP) is 0.287. The van der Waals surface area contributed by atoms with Gasteiger partial charge in [-0.25, -0.2) is 13.4 Å². The Kier molecular flexibility index (Phi) is 2.75. The largest absolute Gasteiger partial charge is 0.384 e. The van der Waals surface area contributed by atoms with Gasteiger partial charge in [-0.1, -0.05) is 6.07 Å². The van der Waals surface area contributed by atoms with Crippen LogP contribution in [0.1, 0.15) is 6.92 Å². The first-order valence-corrected chi connectivity index (χ1v) is 7.00. The number of nitrogens with two attached hydrogens (primary N) is 1. The minimum atomic E-state index is -2.88. The molecule has 2 rings (SSSR count). The van der Waals surface area contributed by atoms with Crippen molar-refractivity contribution in [1.82, 2.24) is 4.98 Å². The Labute approximate surface area is 95.2 Å². The zero-order chi connectivity index (χ0) is 11.8. The molecule has 16 heavy (non-hydrogen) atoms. The van der Waals surface area contributed by atoms with Crippen molar-refractivity contribution >= 4 is 21.5 Å². The van der Waals surface area contributed by atoms with Crippen LogP contribution in [-0.4, -0.2) is 37.5 Å². The van der Waals surface area contributed by atoms with Crippen LogP contribution in [0.3, 0.4) is 0 Å². The number of nitrogens with zero attached hydrogens (tertiary/aromatic N) is 2. The standard InChI is InChI=1S/C10H15N3O2S/c1-8-7-16(14,15)6-5-13(8)10-4-2-3-9(11)12-10/h2-4,8H,5-7H2,1H3,(H2,11,12). The minimum Gasteiger partial charge on any atom is -0.384 e. The lowest BCUT2D eigenvalue weighted by molar-refractivity contribution is 0.567. The summed E-state index contributed by atoms with van der Waals surface area (Å²) >= 11 is 0. The van der Waals surface area contributed by atoms with E-state index in [0.717, 1.165) is 5.82 Å². The fraction of sp³-hybridized carbons (Fsp3) is 0.500. The molecular weight excluding hydrogens is 226 g/mol. The Morgan fingerprint density at radius 1 is 1.50 bits per heavy atom. The van der Waals surface area contributed by atoms with Crippen LogP contribution in [0.15, 0.2) is 18.2 Å². The average Bonchev–Trinajstić information content (AvgIpc) is 2.15. The van der Waals surface area contributed by atoms with Gasteiger partial charge < -0.3 is 10.6 Å². The van der Waals surface area contributed by atoms with E-state index in [-0.39, 0.29) is 17.5 Å². The highest BCUT2D eigenvalue weighted by atomic mass is 32.2. The molecule has 0 bridgehead atoms. The summed E-state index contributed by atoms with van der Waals surface area (Å²) in [6.07, 6.45) is 0. The third-order valence-corrected chi connectivity index (χ3v) is 4.52. The fourth-order valence-corrected chi connectivity index (χ4v) is 3.49. The molecule has 88 valence electrons. The lowest BCUT2D eigenvalue weighted by Crippen LogP contribution is -2.47. The Hall–Kier alpha value is -1.30. The summed E-state index contributed by atoms with van der Waals surface area (Å²) in [5.74, 6) is 1.58. The van der Waals surface area contributed by atoms with E-state index >= 15 is 0 Å². The number of hydrogen-bond acceptors (Lipinski definition) is 5. The minimum absolute atomic E-state index is 0.0481. The molecule has 0 amide bonds. The van der Waals surface area contributed by atoms with E-state index in [9.17, 15) is 8.42 Å². The van der Waals surface area contributed by atoms with Crippen LogP contribution in [0.4, 0.5) is 11.6 Å². The van der Waals surface area contributed by atoms with Gasteiger partial charge in [0.2, 0.25) is 0 Å². The highest BCUT2D eigenvalue weighted by Gasteiger charge is 2.28. The summed E-state index contributed by atoms with van der Waals surface area (Å²) in [6, 6.07) is 5.35. The average molecular weight is 241 g/mol. The van der Waals surface area contributed by atoms with Gasteiger partial charge >= 0.3 is 0 Å². The molecule has 1 fully saturated rings. The maximum Gasteiger partial charge on any atom is 0.154 e. The zero-order valence-corrected chi connectivity index (χ0v) is 9.94. The summed E-state index contributed by atoms with van der Waals surface area (Å²) in [4.78, 5) is 6.19. The molecule has 2 N–H and O–H groups in total. The monoisotopic (exact) mass is 241 g/mol. The van der Waals surface area contributed by atoms with Gasteiger partial charge in [-0.15, -0.1) is 0 Å². The second-order valence-electron chi connectivity index (χ2n) is 4.08. The van der Waals surface area contributed by atoms with Crippen LogP contribution in [0, 0.1) is 0 Å². The molecule has 1 aliphatic rings. The van der Waals surface area contributed by atoms with E-state index in [1.807, 2.05) is 24.0 Å². The van der Waals surface area contributed by atoms with Gasteiger partial charge in [0.15, 0.2) is 9.84 Å². The molecule has 1 aromatic rings. The molecule has 5 nitrogen and oxygen atoms in total. The van der Waals surface area contributed by atoms with Crippen molar-refractivity contribution in [3.8, 4) is 0 Å². The quantitative estimate of drug-likeness (QED) is 0.764. The highest BCUT2D eigenvalue weighted by molar-refractivity contribution is 7.91. The molecule has 0 saturated carbocycles. The topological polar surface area (TPSA) is 76.3 Å². The molecule has 6 heteroatoms. The van der Waals surface area contributed by atoms with Gasteiger partial charge in [0.25, 0.3) is 0 Å². The molecule has 0 spiro atoms. The van der Waals surface area contributed by atoms with Crippen LogP contribution in [-0.2, 0) is 9.84 Å². The van der Waals surface area contributed by atoms with Gasteiger partial charge in [0.1, 0.15) is 11.6 Å². The molecule has 1 saturated heterocycles. The predicted molar refractivity (Wildman–Crippen MR) is 64.1 cm³/mol. The van der Waals surface area contributed by atoms with E-state index < -0.39 is 9.84 Å². The molecule has 1 aliphatic heterocycles. The van der Waals surface area contributed by atoms with Gasteiger partial charge in [-0.3, -0.25) is 0 Å². The Morgan fingerprint density at radius 2 is 2.25 bits per heavy atom. The van der Waals surface area contributed by atoms with E-state index in [1.165, 1.54) is 0 Å².